The van der Waals surface area contributed by atoms with Crippen LogP contribution in [0.5, 0.6) is 0 Å². The Labute approximate surface area is 82.7 Å². The third kappa shape index (κ3) is 8.26. The first-order valence-corrected chi connectivity index (χ1v) is 5.69. The SMILES string of the molecule is CCCCCC(CC)NCCCO. The zero-order valence-corrected chi connectivity index (χ0v) is 9.18. The molecule has 1 unspecified atom stereocenters. The first kappa shape index (κ1) is 12.9. The predicted octanol–water partition coefficient (Wildman–Crippen LogP) is 2.32. The third-order valence-electron chi connectivity index (χ3n) is 2.42. The summed E-state index contributed by atoms with van der Waals surface area (Å²) in [5.41, 5.74) is 0. The molecule has 0 rings (SSSR count). The molecule has 0 aliphatic heterocycles. The van der Waals surface area contributed by atoms with E-state index in [0.29, 0.717) is 12.6 Å². The highest BCUT2D eigenvalue weighted by Gasteiger charge is 2.03. The molecule has 0 fully saturated rings. The minimum atomic E-state index is 0.304. The van der Waals surface area contributed by atoms with Gasteiger partial charge in [-0.05, 0) is 25.8 Å². The van der Waals surface area contributed by atoms with Crippen LogP contribution in [0.3, 0.4) is 0 Å². The summed E-state index contributed by atoms with van der Waals surface area (Å²) in [7, 11) is 0. The highest BCUT2D eigenvalue weighted by atomic mass is 16.3. The fraction of sp³-hybridized carbons (Fsp3) is 1.00. The van der Waals surface area contributed by atoms with E-state index in [9.17, 15) is 0 Å². The van der Waals surface area contributed by atoms with Gasteiger partial charge in [-0.15, -0.1) is 0 Å². The van der Waals surface area contributed by atoms with Gasteiger partial charge in [0.05, 0.1) is 0 Å². The Morgan fingerprint density at radius 3 is 2.46 bits per heavy atom. The second-order valence-electron chi connectivity index (χ2n) is 3.63. The lowest BCUT2D eigenvalue weighted by Crippen LogP contribution is -2.29. The van der Waals surface area contributed by atoms with Crippen LogP contribution < -0.4 is 5.32 Å². The molecule has 0 aliphatic carbocycles. The maximum absolute atomic E-state index is 8.63. The van der Waals surface area contributed by atoms with Gasteiger partial charge in [-0.25, -0.2) is 0 Å². The third-order valence-corrected chi connectivity index (χ3v) is 2.42. The minimum absolute atomic E-state index is 0.304. The van der Waals surface area contributed by atoms with Crippen LogP contribution in [0.2, 0.25) is 0 Å². The van der Waals surface area contributed by atoms with Crippen molar-refractivity contribution >= 4 is 0 Å². The molecule has 0 saturated carbocycles. The van der Waals surface area contributed by atoms with E-state index in [0.717, 1.165) is 13.0 Å². The fourth-order valence-corrected chi connectivity index (χ4v) is 1.48. The Hall–Kier alpha value is -0.0800. The quantitative estimate of drug-likeness (QED) is 0.543. The van der Waals surface area contributed by atoms with Crippen molar-refractivity contribution in [3.8, 4) is 0 Å². The van der Waals surface area contributed by atoms with Gasteiger partial charge in [-0.3, -0.25) is 0 Å². The summed E-state index contributed by atoms with van der Waals surface area (Å²) < 4.78 is 0. The molecule has 1 atom stereocenters. The standard InChI is InChI=1S/C11H25NO/c1-3-5-6-8-11(4-2)12-9-7-10-13/h11-13H,3-10H2,1-2H3. The highest BCUT2D eigenvalue weighted by molar-refractivity contribution is 4.64. The van der Waals surface area contributed by atoms with Gasteiger partial charge in [-0.2, -0.15) is 0 Å². The molecule has 0 aliphatic rings. The monoisotopic (exact) mass is 187 g/mol. The van der Waals surface area contributed by atoms with Crippen LogP contribution in [0.1, 0.15) is 52.4 Å². The molecule has 13 heavy (non-hydrogen) atoms. The molecule has 0 heterocycles. The lowest BCUT2D eigenvalue weighted by atomic mass is 10.1. The van der Waals surface area contributed by atoms with Gasteiger partial charge in [0, 0.05) is 12.6 Å². The lowest BCUT2D eigenvalue weighted by molar-refractivity contribution is 0.281. The van der Waals surface area contributed by atoms with Crippen molar-refractivity contribution in [2.45, 2.75) is 58.4 Å². The van der Waals surface area contributed by atoms with Crippen molar-refractivity contribution in [3.05, 3.63) is 0 Å². The smallest absolute Gasteiger partial charge is 0.0443 e. The van der Waals surface area contributed by atoms with Crippen molar-refractivity contribution in [1.29, 1.82) is 0 Å². The van der Waals surface area contributed by atoms with Gasteiger partial charge in [0.2, 0.25) is 0 Å². The Bertz CT molecular complexity index is 86.1. The summed E-state index contributed by atoms with van der Waals surface area (Å²) in [6.45, 7) is 5.72. The number of rotatable bonds is 9. The molecular weight excluding hydrogens is 162 g/mol. The van der Waals surface area contributed by atoms with Crippen molar-refractivity contribution in [2.75, 3.05) is 13.2 Å². The van der Waals surface area contributed by atoms with Crippen LogP contribution in [0.25, 0.3) is 0 Å². The Kier molecular flexibility index (Phi) is 9.94. The summed E-state index contributed by atoms with van der Waals surface area (Å²) in [5.74, 6) is 0. The average Bonchev–Trinajstić information content (AvgIpc) is 2.16. The molecule has 0 aromatic carbocycles. The molecule has 0 bridgehead atoms. The maximum Gasteiger partial charge on any atom is 0.0443 e. The Morgan fingerprint density at radius 2 is 1.92 bits per heavy atom. The number of hydrogen-bond donors (Lipinski definition) is 2. The van der Waals surface area contributed by atoms with E-state index in [1.807, 2.05) is 0 Å². The highest BCUT2D eigenvalue weighted by Crippen LogP contribution is 2.05. The van der Waals surface area contributed by atoms with E-state index < -0.39 is 0 Å². The summed E-state index contributed by atoms with van der Waals surface area (Å²) >= 11 is 0. The second-order valence-corrected chi connectivity index (χ2v) is 3.63. The molecule has 0 saturated heterocycles. The first-order chi connectivity index (χ1) is 6.35. The van der Waals surface area contributed by atoms with E-state index in [1.165, 1.54) is 32.1 Å². The summed E-state index contributed by atoms with van der Waals surface area (Å²) in [4.78, 5) is 0. The van der Waals surface area contributed by atoms with Crippen LogP contribution in [0.4, 0.5) is 0 Å². The number of hydrogen-bond acceptors (Lipinski definition) is 2. The molecule has 0 radical (unpaired) electrons. The molecule has 0 amide bonds. The fourth-order valence-electron chi connectivity index (χ4n) is 1.48. The number of nitrogens with one attached hydrogen (secondary N) is 1. The summed E-state index contributed by atoms with van der Waals surface area (Å²) in [6, 6.07) is 0.665. The Balaban J connectivity index is 3.28. The molecule has 0 aromatic rings. The summed E-state index contributed by atoms with van der Waals surface area (Å²) in [6.07, 6.45) is 7.35. The van der Waals surface area contributed by atoms with E-state index in [4.69, 9.17) is 5.11 Å². The normalized spacial score (nSPS) is 13.2. The van der Waals surface area contributed by atoms with Gasteiger partial charge < -0.3 is 10.4 Å². The van der Waals surface area contributed by atoms with Crippen LogP contribution >= 0.6 is 0 Å². The maximum atomic E-state index is 8.63. The molecule has 80 valence electrons. The largest absolute Gasteiger partial charge is 0.396 e. The van der Waals surface area contributed by atoms with E-state index in [1.54, 1.807) is 0 Å². The van der Waals surface area contributed by atoms with Gasteiger partial charge in [0.25, 0.3) is 0 Å². The molecule has 2 heteroatoms. The van der Waals surface area contributed by atoms with Crippen LogP contribution in [-0.2, 0) is 0 Å². The molecule has 2 nitrogen and oxygen atoms in total. The molecule has 2 N–H and O–H groups in total. The average molecular weight is 187 g/mol. The number of unbranched alkanes of at least 4 members (excludes halogenated alkanes) is 2. The van der Waals surface area contributed by atoms with Crippen LogP contribution in [0.15, 0.2) is 0 Å². The van der Waals surface area contributed by atoms with Gasteiger partial charge in [-0.1, -0.05) is 33.1 Å². The van der Waals surface area contributed by atoms with Crippen LogP contribution in [-0.4, -0.2) is 24.3 Å². The summed E-state index contributed by atoms with van der Waals surface area (Å²) in [5, 5.41) is 12.1. The Morgan fingerprint density at radius 1 is 1.15 bits per heavy atom. The zero-order valence-electron chi connectivity index (χ0n) is 9.18. The van der Waals surface area contributed by atoms with Crippen molar-refractivity contribution < 1.29 is 5.11 Å². The lowest BCUT2D eigenvalue weighted by Gasteiger charge is -2.16. The topological polar surface area (TPSA) is 32.3 Å². The molecule has 0 aromatic heterocycles. The van der Waals surface area contributed by atoms with Crippen molar-refractivity contribution in [2.24, 2.45) is 0 Å². The van der Waals surface area contributed by atoms with Crippen molar-refractivity contribution in [3.63, 3.8) is 0 Å². The minimum Gasteiger partial charge on any atom is -0.396 e. The molecular formula is C11H25NO. The zero-order chi connectivity index (χ0) is 9.94. The van der Waals surface area contributed by atoms with E-state index in [2.05, 4.69) is 19.2 Å². The van der Waals surface area contributed by atoms with Gasteiger partial charge >= 0.3 is 0 Å². The van der Waals surface area contributed by atoms with Gasteiger partial charge in [0.1, 0.15) is 0 Å². The number of aliphatic hydroxyl groups is 1. The molecule has 0 spiro atoms. The number of aliphatic hydroxyl groups excluding tert-OH is 1. The van der Waals surface area contributed by atoms with Gasteiger partial charge in [0.15, 0.2) is 0 Å². The predicted molar refractivity (Wildman–Crippen MR) is 57.9 cm³/mol. The van der Waals surface area contributed by atoms with Crippen molar-refractivity contribution in [1.82, 2.24) is 5.32 Å². The van der Waals surface area contributed by atoms with Crippen LogP contribution in [0, 0.1) is 0 Å². The van der Waals surface area contributed by atoms with E-state index in [-0.39, 0.29) is 0 Å². The second kappa shape index (κ2) is 10.0. The van der Waals surface area contributed by atoms with E-state index >= 15 is 0 Å². The first-order valence-electron chi connectivity index (χ1n) is 5.69.